The molecule has 0 fully saturated rings. The molecular weight excluding hydrogens is 436 g/mol. The normalized spacial score (nSPS) is 14.0. The van der Waals surface area contributed by atoms with Crippen molar-refractivity contribution in [2.24, 2.45) is 0 Å². The van der Waals surface area contributed by atoms with Crippen LogP contribution in [0.3, 0.4) is 0 Å². The Labute approximate surface area is 199 Å². The lowest BCUT2D eigenvalue weighted by molar-refractivity contribution is -0.137. The molecular formula is C26H32N2O6. The van der Waals surface area contributed by atoms with Gasteiger partial charge in [-0.3, -0.25) is 9.59 Å². The summed E-state index contributed by atoms with van der Waals surface area (Å²) in [6.45, 7) is 2.23. The summed E-state index contributed by atoms with van der Waals surface area (Å²) in [5, 5.41) is 11.4. The van der Waals surface area contributed by atoms with Crippen LogP contribution >= 0.6 is 0 Å². The van der Waals surface area contributed by atoms with E-state index in [0.29, 0.717) is 19.4 Å². The number of carbonyl (C=O) groups is 3. The number of likely N-dealkylation sites (N-methyl/N-ethyl adjacent to an activating group) is 1. The molecule has 3 rings (SSSR count). The number of methoxy groups -OCH3 is 1. The van der Waals surface area contributed by atoms with Gasteiger partial charge >= 0.3 is 12.1 Å². The highest BCUT2D eigenvalue weighted by molar-refractivity contribution is 5.86. The fourth-order valence-corrected chi connectivity index (χ4v) is 4.26. The lowest BCUT2D eigenvalue weighted by atomic mass is 9.98. The second-order valence-electron chi connectivity index (χ2n) is 8.50. The lowest BCUT2D eigenvalue weighted by Gasteiger charge is -2.28. The summed E-state index contributed by atoms with van der Waals surface area (Å²) >= 11 is 0. The van der Waals surface area contributed by atoms with Gasteiger partial charge in [-0.25, -0.2) is 4.79 Å². The van der Waals surface area contributed by atoms with Crippen LogP contribution in [-0.2, 0) is 19.1 Å². The smallest absolute Gasteiger partial charge is 0.407 e. The van der Waals surface area contributed by atoms with E-state index < -0.39 is 24.2 Å². The fraction of sp³-hybridized carbons (Fsp3) is 0.423. The van der Waals surface area contributed by atoms with Crippen LogP contribution in [0.25, 0.3) is 11.1 Å². The summed E-state index contributed by atoms with van der Waals surface area (Å²) in [5.74, 6) is -1.26. The zero-order valence-corrected chi connectivity index (χ0v) is 19.8. The molecule has 1 aliphatic carbocycles. The van der Waals surface area contributed by atoms with E-state index in [1.165, 1.54) is 12.0 Å². The zero-order chi connectivity index (χ0) is 24.7. The van der Waals surface area contributed by atoms with Crippen molar-refractivity contribution in [3.8, 4) is 11.1 Å². The van der Waals surface area contributed by atoms with Gasteiger partial charge in [0.15, 0.2) is 0 Å². The maximum atomic E-state index is 13.0. The standard InChI is InChI=1S/C26H32N2O6/c1-17(33-3)24(25(31)28(2)15-9-8-14-23(29)30)27-26(32)34-16-22-20-12-6-4-10-18(20)19-11-5-7-13-21(19)22/h4-7,10-13,17,22,24H,8-9,14-16H2,1-3H3,(H,27,32)(H,29,30)/t17-,24+/m1/s1. The molecule has 2 aromatic rings. The van der Waals surface area contributed by atoms with Gasteiger partial charge in [0.25, 0.3) is 0 Å². The lowest BCUT2D eigenvalue weighted by Crippen LogP contribution is -2.53. The number of fused-ring (bicyclic) bond motifs is 3. The minimum atomic E-state index is -0.926. The van der Waals surface area contributed by atoms with E-state index in [0.717, 1.165) is 22.3 Å². The monoisotopic (exact) mass is 468 g/mol. The Morgan fingerprint density at radius 1 is 1.03 bits per heavy atom. The number of alkyl carbamates (subject to hydrolysis) is 1. The number of aliphatic carboxylic acids is 1. The molecule has 34 heavy (non-hydrogen) atoms. The highest BCUT2D eigenvalue weighted by Crippen LogP contribution is 2.44. The van der Waals surface area contributed by atoms with E-state index in [1.54, 1.807) is 14.0 Å². The minimum absolute atomic E-state index is 0.0535. The Kier molecular flexibility index (Phi) is 8.65. The summed E-state index contributed by atoms with van der Waals surface area (Å²) in [5.41, 5.74) is 4.49. The van der Waals surface area contributed by atoms with E-state index >= 15 is 0 Å². The predicted molar refractivity (Wildman–Crippen MR) is 128 cm³/mol. The second kappa shape index (κ2) is 11.7. The van der Waals surface area contributed by atoms with Crippen molar-refractivity contribution in [1.82, 2.24) is 10.2 Å². The largest absolute Gasteiger partial charge is 0.481 e. The third kappa shape index (κ3) is 5.94. The number of hydrogen-bond acceptors (Lipinski definition) is 5. The zero-order valence-electron chi connectivity index (χ0n) is 19.8. The summed E-state index contributed by atoms with van der Waals surface area (Å²) < 4.78 is 10.9. The van der Waals surface area contributed by atoms with E-state index in [9.17, 15) is 14.4 Å². The van der Waals surface area contributed by atoms with Crippen LogP contribution < -0.4 is 5.32 Å². The average Bonchev–Trinajstić information content (AvgIpc) is 3.16. The first kappa shape index (κ1) is 25.2. The third-order valence-corrected chi connectivity index (χ3v) is 6.23. The third-order valence-electron chi connectivity index (χ3n) is 6.23. The van der Waals surface area contributed by atoms with Crippen molar-refractivity contribution in [2.45, 2.75) is 44.2 Å². The van der Waals surface area contributed by atoms with Crippen molar-refractivity contribution >= 4 is 18.0 Å². The first-order chi connectivity index (χ1) is 16.3. The van der Waals surface area contributed by atoms with E-state index in [-0.39, 0.29) is 24.9 Å². The molecule has 0 heterocycles. The number of carbonyl (C=O) groups excluding carboxylic acids is 2. The van der Waals surface area contributed by atoms with Crippen molar-refractivity contribution in [3.05, 3.63) is 59.7 Å². The summed E-state index contributed by atoms with van der Waals surface area (Å²) in [4.78, 5) is 37.8. The average molecular weight is 469 g/mol. The van der Waals surface area contributed by atoms with Crippen LogP contribution in [0.4, 0.5) is 4.79 Å². The maximum Gasteiger partial charge on any atom is 0.407 e. The topological polar surface area (TPSA) is 105 Å². The van der Waals surface area contributed by atoms with Gasteiger partial charge in [0, 0.05) is 33.0 Å². The van der Waals surface area contributed by atoms with Crippen LogP contribution in [0, 0.1) is 0 Å². The van der Waals surface area contributed by atoms with Crippen LogP contribution in [0.2, 0.25) is 0 Å². The number of amides is 2. The van der Waals surface area contributed by atoms with Gasteiger partial charge in [0.2, 0.25) is 5.91 Å². The Hall–Kier alpha value is -3.39. The maximum absolute atomic E-state index is 13.0. The van der Waals surface area contributed by atoms with Gasteiger partial charge in [-0.1, -0.05) is 48.5 Å². The molecule has 8 nitrogen and oxygen atoms in total. The summed E-state index contributed by atoms with van der Waals surface area (Å²) in [7, 11) is 3.09. The van der Waals surface area contributed by atoms with Crippen LogP contribution in [0.5, 0.6) is 0 Å². The molecule has 0 bridgehead atoms. The molecule has 0 unspecified atom stereocenters. The molecule has 0 aromatic heterocycles. The molecule has 2 atom stereocenters. The second-order valence-corrected chi connectivity index (χ2v) is 8.50. The first-order valence-electron chi connectivity index (χ1n) is 11.4. The molecule has 8 heteroatoms. The van der Waals surface area contributed by atoms with Crippen molar-refractivity contribution in [1.29, 1.82) is 0 Å². The van der Waals surface area contributed by atoms with Crippen LogP contribution in [-0.4, -0.2) is 67.4 Å². The molecule has 0 spiro atoms. The minimum Gasteiger partial charge on any atom is -0.481 e. The predicted octanol–water partition coefficient (Wildman–Crippen LogP) is 3.64. The summed E-state index contributed by atoms with van der Waals surface area (Å²) in [6.07, 6.45) is -0.194. The molecule has 0 saturated carbocycles. The highest BCUT2D eigenvalue weighted by atomic mass is 16.5. The highest BCUT2D eigenvalue weighted by Gasteiger charge is 2.32. The van der Waals surface area contributed by atoms with E-state index in [1.807, 2.05) is 36.4 Å². The van der Waals surface area contributed by atoms with Gasteiger partial charge in [-0.2, -0.15) is 0 Å². The number of ether oxygens (including phenoxy) is 2. The summed E-state index contributed by atoms with van der Waals surface area (Å²) in [6, 6.07) is 15.2. The van der Waals surface area contributed by atoms with Gasteiger partial charge in [0.05, 0.1) is 6.10 Å². The first-order valence-corrected chi connectivity index (χ1v) is 11.4. The molecule has 2 amide bonds. The van der Waals surface area contributed by atoms with Gasteiger partial charge in [0.1, 0.15) is 12.6 Å². The number of unbranched alkanes of at least 4 members (excludes halogenated alkanes) is 1. The van der Waals surface area contributed by atoms with Gasteiger partial charge in [-0.05, 0) is 42.0 Å². The number of hydrogen-bond donors (Lipinski definition) is 2. The number of rotatable bonds is 11. The SMILES string of the molecule is CO[C@H](C)[C@H](NC(=O)OCC1c2ccccc2-c2ccccc21)C(=O)N(C)CCCCC(=O)O. The molecule has 0 aliphatic heterocycles. The Balaban J connectivity index is 1.61. The number of nitrogens with zero attached hydrogens (tertiary/aromatic N) is 1. The number of carboxylic acids is 1. The molecule has 0 radical (unpaired) electrons. The number of nitrogens with one attached hydrogen (secondary N) is 1. The molecule has 0 saturated heterocycles. The van der Waals surface area contributed by atoms with Gasteiger partial charge in [-0.15, -0.1) is 0 Å². The van der Waals surface area contributed by atoms with Crippen molar-refractivity contribution in [3.63, 3.8) is 0 Å². The molecule has 2 N–H and O–H groups in total. The van der Waals surface area contributed by atoms with Crippen LogP contribution in [0.15, 0.2) is 48.5 Å². The van der Waals surface area contributed by atoms with Crippen molar-refractivity contribution < 1.29 is 29.0 Å². The van der Waals surface area contributed by atoms with E-state index in [2.05, 4.69) is 17.4 Å². The quantitative estimate of drug-likeness (QED) is 0.488. The fourth-order valence-electron chi connectivity index (χ4n) is 4.26. The van der Waals surface area contributed by atoms with E-state index in [4.69, 9.17) is 14.6 Å². The molecule has 182 valence electrons. The Morgan fingerprint density at radius 2 is 1.62 bits per heavy atom. The van der Waals surface area contributed by atoms with Gasteiger partial charge < -0.3 is 24.8 Å². The Morgan fingerprint density at radius 3 is 2.18 bits per heavy atom. The Bertz CT molecular complexity index is 978. The molecule has 1 aliphatic rings. The van der Waals surface area contributed by atoms with Crippen molar-refractivity contribution in [2.75, 3.05) is 27.3 Å². The number of benzene rings is 2. The number of carboxylic acid groups (broad SMARTS) is 1. The van der Waals surface area contributed by atoms with Crippen LogP contribution in [0.1, 0.15) is 43.2 Å². The molecule has 2 aromatic carbocycles.